The summed E-state index contributed by atoms with van der Waals surface area (Å²) in [6, 6.07) is 13.1. The number of nitrogens with one attached hydrogen (secondary N) is 1. The SMILES string of the molecule is CNC.COc1ccc(C(=O)CCCC=O)cc1.COc1ccc(CC(O)CN2CCCC2)cc1C. The molecule has 0 bridgehead atoms. The maximum Gasteiger partial charge on any atom is 0.162 e. The van der Waals surface area contributed by atoms with Gasteiger partial charge in [0.25, 0.3) is 0 Å². The molecular weight excluding hydrogens is 456 g/mol. The van der Waals surface area contributed by atoms with E-state index < -0.39 is 0 Å². The van der Waals surface area contributed by atoms with Crippen LogP contribution in [0.1, 0.15) is 53.6 Å². The molecule has 1 aliphatic heterocycles. The number of Topliss-reactive ketones (excluding diaryl/α,β-unsaturated/α-hetero) is 1. The number of carbonyl (C=O) groups is 2. The number of unbranched alkanes of at least 4 members (excludes halogenated alkanes) is 1. The van der Waals surface area contributed by atoms with Gasteiger partial charge >= 0.3 is 0 Å². The summed E-state index contributed by atoms with van der Waals surface area (Å²) in [7, 11) is 7.02. The Kier molecular flexibility index (Phi) is 16.1. The zero-order valence-electron chi connectivity index (χ0n) is 22.6. The van der Waals surface area contributed by atoms with Gasteiger partial charge in [0.05, 0.1) is 20.3 Å². The second-order valence-corrected chi connectivity index (χ2v) is 8.88. The highest BCUT2D eigenvalue weighted by molar-refractivity contribution is 5.96. The molecule has 1 heterocycles. The monoisotopic (exact) mass is 500 g/mol. The number of rotatable bonds is 11. The summed E-state index contributed by atoms with van der Waals surface area (Å²) in [6.45, 7) is 5.11. The highest BCUT2D eigenvalue weighted by Crippen LogP contribution is 2.20. The first-order valence-electron chi connectivity index (χ1n) is 12.6. The van der Waals surface area contributed by atoms with E-state index in [0.717, 1.165) is 49.4 Å². The maximum atomic E-state index is 11.6. The van der Waals surface area contributed by atoms with E-state index in [9.17, 15) is 14.7 Å². The van der Waals surface area contributed by atoms with Crippen molar-refractivity contribution >= 4 is 12.1 Å². The van der Waals surface area contributed by atoms with Crippen molar-refractivity contribution < 1.29 is 24.2 Å². The summed E-state index contributed by atoms with van der Waals surface area (Å²) < 4.78 is 10.2. The van der Waals surface area contributed by atoms with Gasteiger partial charge in [-0.3, -0.25) is 4.79 Å². The second kappa shape index (κ2) is 18.5. The summed E-state index contributed by atoms with van der Waals surface area (Å²) in [4.78, 5) is 24.0. The average molecular weight is 501 g/mol. The quantitative estimate of drug-likeness (QED) is 0.273. The average Bonchev–Trinajstić information content (AvgIpc) is 3.38. The number of ether oxygens (including phenoxy) is 2. The van der Waals surface area contributed by atoms with Crippen molar-refractivity contribution in [2.24, 2.45) is 0 Å². The van der Waals surface area contributed by atoms with Crippen molar-refractivity contribution in [3.05, 3.63) is 59.2 Å². The van der Waals surface area contributed by atoms with Crippen molar-refractivity contribution in [1.82, 2.24) is 10.2 Å². The zero-order chi connectivity index (χ0) is 26.8. The molecule has 1 atom stereocenters. The Morgan fingerprint density at radius 3 is 2.25 bits per heavy atom. The fourth-order valence-electron chi connectivity index (χ4n) is 3.93. The summed E-state index contributed by atoms with van der Waals surface area (Å²) in [6.07, 6.45) is 5.32. The van der Waals surface area contributed by atoms with Crippen molar-refractivity contribution in [2.75, 3.05) is 47.9 Å². The summed E-state index contributed by atoms with van der Waals surface area (Å²) in [5.41, 5.74) is 2.98. The van der Waals surface area contributed by atoms with Crippen molar-refractivity contribution in [3.63, 3.8) is 0 Å². The van der Waals surface area contributed by atoms with Crippen molar-refractivity contribution in [1.29, 1.82) is 0 Å². The third-order valence-corrected chi connectivity index (χ3v) is 5.74. The molecule has 0 amide bonds. The molecule has 1 aliphatic rings. The minimum Gasteiger partial charge on any atom is -0.497 e. The van der Waals surface area contributed by atoms with Crippen LogP contribution in [0.4, 0.5) is 0 Å². The Labute approximate surface area is 216 Å². The van der Waals surface area contributed by atoms with E-state index in [1.165, 1.54) is 18.4 Å². The van der Waals surface area contributed by atoms with E-state index in [-0.39, 0.29) is 11.9 Å². The fourth-order valence-corrected chi connectivity index (χ4v) is 3.93. The van der Waals surface area contributed by atoms with E-state index in [1.54, 1.807) is 38.5 Å². The van der Waals surface area contributed by atoms with Crippen LogP contribution in [-0.4, -0.2) is 76.1 Å². The number of aliphatic hydroxyl groups is 1. The Hall–Kier alpha value is -2.74. The standard InChI is InChI=1S/C15H23NO2.C12H14O3.C2H7N/c1-12-9-13(5-6-15(12)18-2)10-14(17)11-16-7-3-4-8-16;1-15-11-7-5-10(6-8-11)12(14)4-2-3-9-13;1-3-2/h5-6,9,14,17H,3-4,7-8,10-11H2,1-2H3;5-9H,2-4H2,1H3;3H,1-2H3. The van der Waals surface area contributed by atoms with Crippen LogP contribution in [0.15, 0.2) is 42.5 Å². The molecule has 1 unspecified atom stereocenters. The van der Waals surface area contributed by atoms with Gasteiger partial charge in [0.2, 0.25) is 0 Å². The molecule has 7 heteroatoms. The first-order chi connectivity index (χ1) is 17.4. The number of ketones is 1. The number of nitrogens with zero attached hydrogens (tertiary/aromatic N) is 1. The molecule has 2 aromatic carbocycles. The topological polar surface area (TPSA) is 88.1 Å². The van der Waals surface area contributed by atoms with Gasteiger partial charge in [-0.25, -0.2) is 0 Å². The Morgan fingerprint density at radius 1 is 1.08 bits per heavy atom. The van der Waals surface area contributed by atoms with Gasteiger partial charge < -0.3 is 29.6 Å². The molecule has 1 saturated heterocycles. The smallest absolute Gasteiger partial charge is 0.162 e. The van der Waals surface area contributed by atoms with E-state index >= 15 is 0 Å². The van der Waals surface area contributed by atoms with Crippen LogP contribution < -0.4 is 14.8 Å². The molecular formula is C29H44N2O5. The lowest BCUT2D eigenvalue weighted by Crippen LogP contribution is -2.31. The van der Waals surface area contributed by atoms with Gasteiger partial charge in [0.1, 0.15) is 17.8 Å². The van der Waals surface area contributed by atoms with Gasteiger partial charge in [-0.05, 0) is 101 Å². The molecule has 3 rings (SSSR count). The summed E-state index contributed by atoms with van der Waals surface area (Å²) in [5.74, 6) is 1.71. The number of likely N-dealkylation sites (tertiary alicyclic amines) is 1. The van der Waals surface area contributed by atoms with Gasteiger partial charge in [0, 0.05) is 24.9 Å². The first kappa shape index (κ1) is 31.3. The lowest BCUT2D eigenvalue weighted by molar-refractivity contribution is -0.107. The number of aryl methyl sites for hydroxylation is 1. The predicted molar refractivity (Wildman–Crippen MR) is 145 cm³/mol. The number of hydrogen-bond acceptors (Lipinski definition) is 7. The van der Waals surface area contributed by atoms with Crippen LogP contribution in [0.2, 0.25) is 0 Å². The third kappa shape index (κ3) is 12.3. The summed E-state index contributed by atoms with van der Waals surface area (Å²) in [5, 5.41) is 12.9. The highest BCUT2D eigenvalue weighted by Gasteiger charge is 2.16. The van der Waals surface area contributed by atoms with E-state index in [4.69, 9.17) is 9.47 Å². The number of aldehydes is 1. The van der Waals surface area contributed by atoms with Gasteiger partial charge in [-0.15, -0.1) is 0 Å². The van der Waals surface area contributed by atoms with Gasteiger partial charge in [-0.1, -0.05) is 12.1 Å². The molecule has 0 aromatic heterocycles. The second-order valence-electron chi connectivity index (χ2n) is 8.88. The van der Waals surface area contributed by atoms with Gasteiger partial charge in [0.15, 0.2) is 5.78 Å². The number of methoxy groups -OCH3 is 2. The molecule has 0 radical (unpaired) electrons. The molecule has 0 spiro atoms. The van der Waals surface area contributed by atoms with Crippen LogP contribution in [0.3, 0.4) is 0 Å². The van der Waals surface area contributed by atoms with Crippen LogP contribution in [0, 0.1) is 6.92 Å². The first-order valence-corrected chi connectivity index (χ1v) is 12.6. The minimum atomic E-state index is -0.268. The Morgan fingerprint density at radius 2 is 1.72 bits per heavy atom. The molecule has 2 N–H and O–H groups in total. The summed E-state index contributed by atoms with van der Waals surface area (Å²) >= 11 is 0. The normalized spacial score (nSPS) is 13.5. The molecule has 0 saturated carbocycles. The lowest BCUT2D eigenvalue weighted by atomic mass is 10.0. The van der Waals surface area contributed by atoms with Crippen LogP contribution in [0.25, 0.3) is 0 Å². The third-order valence-electron chi connectivity index (χ3n) is 5.74. The van der Waals surface area contributed by atoms with Crippen LogP contribution >= 0.6 is 0 Å². The number of benzene rings is 2. The largest absolute Gasteiger partial charge is 0.497 e. The molecule has 0 aliphatic carbocycles. The molecule has 1 fully saturated rings. The lowest BCUT2D eigenvalue weighted by Gasteiger charge is -2.19. The zero-order valence-corrected chi connectivity index (χ0v) is 22.6. The number of aliphatic hydroxyl groups excluding tert-OH is 1. The van der Waals surface area contributed by atoms with E-state index in [0.29, 0.717) is 24.8 Å². The van der Waals surface area contributed by atoms with Crippen molar-refractivity contribution in [2.45, 2.75) is 51.6 Å². The van der Waals surface area contributed by atoms with E-state index in [2.05, 4.69) is 16.3 Å². The molecule has 7 nitrogen and oxygen atoms in total. The number of carbonyl (C=O) groups excluding carboxylic acids is 2. The minimum absolute atomic E-state index is 0.0690. The maximum absolute atomic E-state index is 11.6. The van der Waals surface area contributed by atoms with Crippen LogP contribution in [0.5, 0.6) is 11.5 Å². The van der Waals surface area contributed by atoms with Gasteiger partial charge in [-0.2, -0.15) is 0 Å². The highest BCUT2D eigenvalue weighted by atomic mass is 16.5. The Bertz CT molecular complexity index is 880. The Balaban J connectivity index is 0.000000329. The molecule has 200 valence electrons. The molecule has 36 heavy (non-hydrogen) atoms. The van der Waals surface area contributed by atoms with Crippen LogP contribution in [-0.2, 0) is 11.2 Å². The molecule has 2 aromatic rings. The fraction of sp³-hybridized carbons (Fsp3) is 0.517. The number of hydrogen-bond donors (Lipinski definition) is 2. The number of β-amino-alcohol motifs (C(OH)–C–C–N with tert-alkyl or cyclic N) is 1. The predicted octanol–water partition coefficient (Wildman–Crippen LogP) is 4.09. The van der Waals surface area contributed by atoms with E-state index in [1.807, 2.05) is 33.2 Å². The van der Waals surface area contributed by atoms with Crippen molar-refractivity contribution in [3.8, 4) is 11.5 Å².